The van der Waals surface area contributed by atoms with Crippen molar-refractivity contribution in [1.29, 1.82) is 0 Å². The van der Waals surface area contributed by atoms with Gasteiger partial charge in [0, 0.05) is 49.7 Å². The van der Waals surface area contributed by atoms with Gasteiger partial charge >= 0.3 is 6.18 Å². The lowest BCUT2D eigenvalue weighted by Gasteiger charge is -2.40. The van der Waals surface area contributed by atoms with E-state index in [0.29, 0.717) is 36.3 Å². The van der Waals surface area contributed by atoms with Crippen LogP contribution in [0.25, 0.3) is 0 Å². The summed E-state index contributed by atoms with van der Waals surface area (Å²) in [6.07, 6.45) is -3.65. The Morgan fingerprint density at radius 1 is 1.00 bits per heavy atom. The fourth-order valence-corrected chi connectivity index (χ4v) is 6.58. The molecule has 3 rings (SSSR count). The van der Waals surface area contributed by atoms with Gasteiger partial charge in [-0.2, -0.15) is 17.5 Å². The molecule has 1 aromatic carbocycles. The topological polar surface area (TPSA) is 78.0 Å². The largest absolute Gasteiger partial charge is 0.402 e. The van der Waals surface area contributed by atoms with E-state index in [4.69, 9.17) is 0 Å². The highest BCUT2D eigenvalue weighted by Gasteiger charge is 2.43. The molecule has 1 saturated heterocycles. The molecule has 1 aromatic rings. The van der Waals surface area contributed by atoms with Crippen molar-refractivity contribution >= 4 is 21.7 Å². The zero-order chi connectivity index (χ0) is 26.0. The minimum atomic E-state index is -4.71. The van der Waals surface area contributed by atoms with Crippen molar-refractivity contribution < 1.29 is 31.2 Å². The van der Waals surface area contributed by atoms with E-state index in [2.05, 4.69) is 18.7 Å². The second kappa shape index (κ2) is 11.0. The summed E-state index contributed by atoms with van der Waals surface area (Å²) in [7, 11) is -4.45. The van der Waals surface area contributed by atoms with Gasteiger partial charge in [0.25, 0.3) is 0 Å². The summed E-state index contributed by atoms with van der Waals surface area (Å²) in [6, 6.07) is 4.49. The fraction of sp³-hybridized carbons (Fsp3) is 0.667. The van der Waals surface area contributed by atoms with Gasteiger partial charge in [0.05, 0.1) is 4.90 Å². The first kappa shape index (κ1) is 27.6. The first-order valence-electron chi connectivity index (χ1n) is 12.0. The maximum absolute atomic E-state index is 13.4. The van der Waals surface area contributed by atoms with E-state index < -0.39 is 28.8 Å². The van der Waals surface area contributed by atoms with Crippen LogP contribution in [0.4, 0.5) is 13.2 Å². The maximum atomic E-state index is 13.4. The third-order valence-electron chi connectivity index (χ3n) is 7.01. The number of alkyl halides is 3. The molecule has 1 amide bonds. The third kappa shape index (κ3) is 6.83. The van der Waals surface area contributed by atoms with Crippen molar-refractivity contribution in [3.8, 4) is 0 Å². The number of hydrogen-bond donors (Lipinski definition) is 0. The number of sulfonamides is 1. The van der Waals surface area contributed by atoms with Crippen LogP contribution < -0.4 is 0 Å². The smallest absolute Gasteiger partial charge is 0.340 e. The predicted octanol–water partition coefficient (Wildman–Crippen LogP) is 3.55. The molecule has 0 spiro atoms. The Labute approximate surface area is 205 Å². The van der Waals surface area contributed by atoms with Gasteiger partial charge in [-0.1, -0.05) is 12.1 Å². The number of hydrogen-bond acceptors (Lipinski definition) is 5. The van der Waals surface area contributed by atoms with Crippen LogP contribution in [-0.2, 0) is 14.8 Å². The number of Topliss-reactive ketones (excluding diaryl/α,β-unsaturated/α-hetero) is 1. The summed E-state index contributed by atoms with van der Waals surface area (Å²) in [6.45, 7) is 6.78. The molecule has 0 unspecified atom stereocenters. The van der Waals surface area contributed by atoms with Crippen LogP contribution in [0, 0.1) is 5.92 Å². The van der Waals surface area contributed by atoms with E-state index in [9.17, 15) is 31.2 Å². The summed E-state index contributed by atoms with van der Waals surface area (Å²) in [5.41, 5.74) is 0.277. The quantitative estimate of drug-likeness (QED) is 0.517. The molecule has 11 heteroatoms. The van der Waals surface area contributed by atoms with Gasteiger partial charge in [-0.25, -0.2) is 8.42 Å². The number of ketones is 1. The normalized spacial score (nSPS) is 22.6. The molecular formula is C24H34F3N3O4S. The summed E-state index contributed by atoms with van der Waals surface area (Å²) >= 11 is 0. The third-order valence-corrected chi connectivity index (χ3v) is 8.92. The Balaban J connectivity index is 1.70. The Morgan fingerprint density at radius 2 is 1.54 bits per heavy atom. The highest BCUT2D eigenvalue weighted by molar-refractivity contribution is 7.89. The monoisotopic (exact) mass is 517 g/mol. The van der Waals surface area contributed by atoms with Gasteiger partial charge in [0.2, 0.25) is 15.9 Å². The van der Waals surface area contributed by atoms with Gasteiger partial charge in [-0.15, -0.1) is 0 Å². The molecule has 1 aliphatic carbocycles. The van der Waals surface area contributed by atoms with Crippen molar-refractivity contribution in [3.63, 3.8) is 0 Å². The number of carbonyl (C=O) groups is 2. The number of carbonyl (C=O) groups excluding carboxylic acids is 2. The van der Waals surface area contributed by atoms with Crippen LogP contribution >= 0.6 is 0 Å². The van der Waals surface area contributed by atoms with E-state index in [1.54, 1.807) is 0 Å². The van der Waals surface area contributed by atoms with E-state index in [1.165, 1.54) is 31.2 Å². The number of benzene rings is 1. The predicted molar refractivity (Wildman–Crippen MR) is 125 cm³/mol. The summed E-state index contributed by atoms with van der Waals surface area (Å²) in [5, 5.41) is 0. The van der Waals surface area contributed by atoms with Gasteiger partial charge in [-0.05, 0) is 58.6 Å². The lowest BCUT2D eigenvalue weighted by atomic mass is 9.85. The van der Waals surface area contributed by atoms with Crippen molar-refractivity contribution in [2.45, 2.75) is 69.6 Å². The van der Waals surface area contributed by atoms with Crippen LogP contribution in [0.3, 0.4) is 0 Å². The molecular weight excluding hydrogens is 483 g/mol. The molecule has 1 saturated carbocycles. The van der Waals surface area contributed by atoms with E-state index in [-0.39, 0.29) is 40.9 Å². The average molecular weight is 518 g/mol. The van der Waals surface area contributed by atoms with Crippen molar-refractivity contribution in [1.82, 2.24) is 14.1 Å². The molecule has 7 nitrogen and oxygen atoms in total. The van der Waals surface area contributed by atoms with E-state index in [0.717, 1.165) is 13.1 Å². The van der Waals surface area contributed by atoms with Crippen LogP contribution in [0.1, 0.15) is 56.8 Å². The van der Waals surface area contributed by atoms with Crippen LogP contribution in [0.15, 0.2) is 29.2 Å². The van der Waals surface area contributed by atoms with Gasteiger partial charge < -0.3 is 4.90 Å². The molecule has 35 heavy (non-hydrogen) atoms. The maximum Gasteiger partial charge on any atom is 0.402 e. The van der Waals surface area contributed by atoms with Gasteiger partial charge in [0.15, 0.2) is 5.78 Å². The second-order valence-electron chi connectivity index (χ2n) is 9.71. The SMILES string of the molecule is CC(=O)c1ccc(S(=O)(=O)N(CC(F)(F)F)C2CCC(C(=O)N3CCN(C(C)C)CC3)CC2)cc1. The first-order chi connectivity index (χ1) is 16.3. The van der Waals surface area contributed by atoms with Crippen molar-refractivity contribution in [3.05, 3.63) is 29.8 Å². The standard InChI is InChI=1S/C24H34F3N3O4S/c1-17(2)28-12-14-29(15-13-28)23(32)20-4-8-21(9-5-20)30(16-24(25,26)27)35(33,34)22-10-6-19(7-11-22)18(3)31/h6-7,10-11,17,20-21H,4-5,8-9,12-16H2,1-3H3. The molecule has 0 radical (unpaired) electrons. The molecule has 1 heterocycles. The Hall–Kier alpha value is -1.98. The Kier molecular flexibility index (Phi) is 8.64. The number of piperazine rings is 1. The fourth-order valence-electron chi connectivity index (χ4n) is 4.91. The molecule has 196 valence electrons. The summed E-state index contributed by atoms with van der Waals surface area (Å²) in [5.74, 6) is -0.561. The Morgan fingerprint density at radius 3 is 2.00 bits per heavy atom. The van der Waals surface area contributed by atoms with Crippen LogP contribution in [0.2, 0.25) is 0 Å². The van der Waals surface area contributed by atoms with E-state index >= 15 is 0 Å². The molecule has 0 bridgehead atoms. The minimum absolute atomic E-state index is 0.0110. The van der Waals surface area contributed by atoms with Gasteiger partial charge in [0.1, 0.15) is 6.54 Å². The van der Waals surface area contributed by atoms with Crippen molar-refractivity contribution in [2.75, 3.05) is 32.7 Å². The van der Waals surface area contributed by atoms with Crippen molar-refractivity contribution in [2.24, 2.45) is 5.92 Å². The highest BCUT2D eigenvalue weighted by atomic mass is 32.2. The number of nitrogens with zero attached hydrogens (tertiary/aromatic N) is 3. The molecule has 2 fully saturated rings. The number of halogens is 3. The zero-order valence-corrected chi connectivity index (χ0v) is 21.2. The summed E-state index contributed by atoms with van der Waals surface area (Å²) in [4.78, 5) is 28.3. The average Bonchev–Trinajstić information content (AvgIpc) is 2.81. The zero-order valence-electron chi connectivity index (χ0n) is 20.4. The summed E-state index contributed by atoms with van der Waals surface area (Å²) < 4.78 is 67.1. The molecule has 0 atom stereocenters. The lowest BCUT2D eigenvalue weighted by molar-refractivity contribution is -0.144. The first-order valence-corrected chi connectivity index (χ1v) is 13.5. The molecule has 0 aromatic heterocycles. The van der Waals surface area contributed by atoms with E-state index in [1.807, 2.05) is 4.90 Å². The molecule has 2 aliphatic rings. The van der Waals surface area contributed by atoms with Gasteiger partial charge in [-0.3, -0.25) is 14.5 Å². The second-order valence-corrected chi connectivity index (χ2v) is 11.6. The molecule has 1 aliphatic heterocycles. The van der Waals surface area contributed by atoms with Crippen LogP contribution in [0.5, 0.6) is 0 Å². The number of amides is 1. The Bertz CT molecular complexity index is 996. The lowest BCUT2D eigenvalue weighted by Crippen LogP contribution is -2.53. The van der Waals surface area contributed by atoms with Crippen LogP contribution in [-0.4, -0.2) is 85.2 Å². The number of rotatable bonds is 7. The molecule has 0 N–H and O–H groups in total. The minimum Gasteiger partial charge on any atom is -0.340 e. The highest BCUT2D eigenvalue weighted by Crippen LogP contribution is 2.34.